The largest absolute Gasteiger partial charge is 0.477 e. The normalized spacial score (nSPS) is 15.0. The van der Waals surface area contributed by atoms with Crippen LogP contribution in [-0.2, 0) is 0 Å². The maximum Gasteiger partial charge on any atom is 0.352 e. The van der Waals surface area contributed by atoms with E-state index in [-0.39, 0.29) is 11.6 Å². The minimum atomic E-state index is -1.05. The lowest BCUT2D eigenvalue weighted by Crippen LogP contribution is -2.41. The van der Waals surface area contributed by atoms with Gasteiger partial charge in [-0.2, -0.15) is 0 Å². The summed E-state index contributed by atoms with van der Waals surface area (Å²) < 4.78 is 0. The molecule has 74 valence electrons. The zero-order valence-electron chi connectivity index (χ0n) is 7.49. The Morgan fingerprint density at radius 1 is 1.43 bits per heavy atom. The summed E-state index contributed by atoms with van der Waals surface area (Å²) in [5, 5.41) is 8.63. The molecule has 1 aromatic rings. The van der Waals surface area contributed by atoms with Crippen molar-refractivity contribution in [2.24, 2.45) is 0 Å². The van der Waals surface area contributed by atoms with Crippen molar-refractivity contribution < 1.29 is 14.7 Å². The van der Waals surface area contributed by atoms with Crippen molar-refractivity contribution >= 4 is 11.9 Å². The van der Waals surface area contributed by atoms with Crippen molar-refractivity contribution in [2.75, 3.05) is 13.1 Å². The first-order valence-corrected chi connectivity index (χ1v) is 4.39. The third kappa shape index (κ3) is 1.37. The highest BCUT2D eigenvalue weighted by atomic mass is 16.4. The lowest BCUT2D eigenvalue weighted by molar-refractivity contribution is 0.0652. The molecule has 2 N–H and O–H groups in total. The molecule has 0 spiro atoms. The van der Waals surface area contributed by atoms with Crippen LogP contribution in [0.5, 0.6) is 0 Å². The average molecular weight is 194 g/mol. The zero-order valence-corrected chi connectivity index (χ0v) is 7.49. The molecule has 5 nitrogen and oxygen atoms in total. The highest BCUT2D eigenvalue weighted by Crippen LogP contribution is 2.13. The van der Waals surface area contributed by atoms with E-state index in [0.29, 0.717) is 5.56 Å². The van der Waals surface area contributed by atoms with Crippen LogP contribution in [0.4, 0.5) is 0 Å². The molecule has 1 aliphatic rings. The van der Waals surface area contributed by atoms with Crippen LogP contribution < -0.4 is 0 Å². The summed E-state index contributed by atoms with van der Waals surface area (Å²) in [6.45, 7) is 1.54. The van der Waals surface area contributed by atoms with Crippen LogP contribution in [0.2, 0.25) is 0 Å². The van der Waals surface area contributed by atoms with E-state index >= 15 is 0 Å². The van der Waals surface area contributed by atoms with Gasteiger partial charge in [0.25, 0.3) is 5.91 Å². The van der Waals surface area contributed by atoms with Crippen molar-refractivity contribution in [3.05, 3.63) is 23.5 Å². The zero-order chi connectivity index (χ0) is 10.1. The first-order valence-electron chi connectivity index (χ1n) is 4.39. The van der Waals surface area contributed by atoms with Gasteiger partial charge in [-0.15, -0.1) is 0 Å². The number of aromatic amines is 1. The number of nitrogens with one attached hydrogen (secondary N) is 1. The number of H-pyrrole nitrogens is 1. The second-order valence-corrected chi connectivity index (χ2v) is 3.25. The Morgan fingerprint density at radius 2 is 2.14 bits per heavy atom. The Kier molecular flexibility index (Phi) is 1.99. The van der Waals surface area contributed by atoms with Crippen LogP contribution in [0.1, 0.15) is 27.3 Å². The van der Waals surface area contributed by atoms with E-state index in [9.17, 15) is 9.59 Å². The number of aromatic carboxylic acids is 1. The van der Waals surface area contributed by atoms with E-state index in [4.69, 9.17) is 5.11 Å². The van der Waals surface area contributed by atoms with E-state index in [1.165, 1.54) is 12.3 Å². The SMILES string of the molecule is O=C(O)c1cc(C(=O)N2CCC2)c[nH]1. The molecular weight excluding hydrogens is 184 g/mol. The fourth-order valence-corrected chi connectivity index (χ4v) is 1.34. The van der Waals surface area contributed by atoms with Crippen molar-refractivity contribution in [3.8, 4) is 0 Å². The monoisotopic (exact) mass is 194 g/mol. The maximum atomic E-state index is 11.6. The molecule has 0 unspecified atom stereocenters. The summed E-state index contributed by atoms with van der Waals surface area (Å²) in [6.07, 6.45) is 2.46. The molecule has 1 aliphatic heterocycles. The average Bonchev–Trinajstić information content (AvgIpc) is 2.48. The Morgan fingerprint density at radius 3 is 2.57 bits per heavy atom. The summed E-state index contributed by atoms with van der Waals surface area (Å²) in [5.41, 5.74) is 0.468. The summed E-state index contributed by atoms with van der Waals surface area (Å²) in [7, 11) is 0. The summed E-state index contributed by atoms with van der Waals surface area (Å²) in [4.78, 5) is 26.3. The number of amides is 1. The third-order valence-electron chi connectivity index (χ3n) is 2.30. The minimum Gasteiger partial charge on any atom is -0.477 e. The molecule has 0 radical (unpaired) electrons. The molecular formula is C9H10N2O3. The van der Waals surface area contributed by atoms with Crippen LogP contribution in [-0.4, -0.2) is 40.0 Å². The smallest absolute Gasteiger partial charge is 0.352 e. The van der Waals surface area contributed by atoms with Gasteiger partial charge in [-0.25, -0.2) is 4.79 Å². The first kappa shape index (κ1) is 8.80. The van der Waals surface area contributed by atoms with Crippen LogP contribution in [0.25, 0.3) is 0 Å². The molecule has 0 aliphatic carbocycles. The number of rotatable bonds is 2. The van der Waals surface area contributed by atoms with Crippen molar-refractivity contribution in [3.63, 3.8) is 0 Å². The minimum absolute atomic E-state index is 0.0499. The number of hydrogen-bond donors (Lipinski definition) is 2. The maximum absolute atomic E-state index is 11.6. The highest BCUT2D eigenvalue weighted by molar-refractivity contribution is 5.97. The first-order chi connectivity index (χ1) is 6.68. The standard InChI is InChI=1S/C9H10N2O3/c12-8(11-2-1-3-11)6-4-7(9(13)14)10-5-6/h4-5,10H,1-3H2,(H,13,14). The quantitative estimate of drug-likeness (QED) is 0.722. The lowest BCUT2D eigenvalue weighted by atomic mass is 10.2. The number of nitrogens with zero attached hydrogens (tertiary/aromatic N) is 1. The molecule has 2 rings (SSSR count). The van der Waals surface area contributed by atoms with Crippen molar-refractivity contribution in [1.29, 1.82) is 0 Å². The van der Waals surface area contributed by atoms with Gasteiger partial charge in [-0.1, -0.05) is 0 Å². The van der Waals surface area contributed by atoms with Crippen LogP contribution in [0.3, 0.4) is 0 Å². The Bertz CT molecular complexity index is 379. The van der Waals surface area contributed by atoms with E-state index in [2.05, 4.69) is 4.98 Å². The van der Waals surface area contributed by atoms with Gasteiger partial charge in [-0.05, 0) is 12.5 Å². The molecule has 0 aromatic carbocycles. The molecule has 0 atom stereocenters. The van der Waals surface area contributed by atoms with Gasteiger partial charge < -0.3 is 15.0 Å². The van der Waals surface area contributed by atoms with Crippen molar-refractivity contribution in [2.45, 2.75) is 6.42 Å². The molecule has 1 saturated heterocycles. The van der Waals surface area contributed by atoms with E-state index in [1.54, 1.807) is 4.90 Å². The number of carbonyl (C=O) groups excluding carboxylic acids is 1. The van der Waals surface area contributed by atoms with Crippen molar-refractivity contribution in [1.82, 2.24) is 9.88 Å². The highest BCUT2D eigenvalue weighted by Gasteiger charge is 2.22. The summed E-state index contributed by atoms with van der Waals surface area (Å²) in [6, 6.07) is 1.36. The topological polar surface area (TPSA) is 73.4 Å². The van der Waals surface area contributed by atoms with Crippen LogP contribution in [0.15, 0.2) is 12.3 Å². The summed E-state index contributed by atoms with van der Waals surface area (Å²) >= 11 is 0. The Balaban J connectivity index is 2.15. The van der Waals surface area contributed by atoms with Gasteiger partial charge >= 0.3 is 5.97 Å². The molecule has 1 amide bonds. The van der Waals surface area contributed by atoms with Gasteiger partial charge in [0, 0.05) is 19.3 Å². The van der Waals surface area contributed by atoms with Gasteiger partial charge in [0.1, 0.15) is 5.69 Å². The third-order valence-corrected chi connectivity index (χ3v) is 2.30. The number of carboxylic acids is 1. The lowest BCUT2D eigenvalue weighted by Gasteiger charge is -2.30. The molecule has 1 fully saturated rings. The molecule has 14 heavy (non-hydrogen) atoms. The number of likely N-dealkylation sites (tertiary alicyclic amines) is 1. The number of carboxylic acid groups (broad SMARTS) is 1. The second kappa shape index (κ2) is 3.17. The van der Waals surface area contributed by atoms with E-state index in [0.717, 1.165) is 19.5 Å². The number of carbonyl (C=O) groups is 2. The van der Waals surface area contributed by atoms with Crippen LogP contribution in [0, 0.1) is 0 Å². The number of hydrogen-bond acceptors (Lipinski definition) is 2. The van der Waals surface area contributed by atoms with Crippen LogP contribution >= 0.6 is 0 Å². The molecule has 0 bridgehead atoms. The molecule has 1 aromatic heterocycles. The van der Waals surface area contributed by atoms with E-state index < -0.39 is 5.97 Å². The van der Waals surface area contributed by atoms with Gasteiger partial charge in [0.05, 0.1) is 5.56 Å². The predicted molar refractivity (Wildman–Crippen MR) is 48.3 cm³/mol. The fourth-order valence-electron chi connectivity index (χ4n) is 1.34. The fraction of sp³-hybridized carbons (Fsp3) is 0.333. The predicted octanol–water partition coefficient (Wildman–Crippen LogP) is 0.559. The van der Waals surface area contributed by atoms with Gasteiger partial charge in [-0.3, -0.25) is 4.79 Å². The van der Waals surface area contributed by atoms with E-state index in [1.807, 2.05) is 0 Å². The number of aromatic nitrogens is 1. The Labute approximate surface area is 80.3 Å². The van der Waals surface area contributed by atoms with Gasteiger partial charge in [0.2, 0.25) is 0 Å². The molecule has 0 saturated carbocycles. The molecule has 2 heterocycles. The van der Waals surface area contributed by atoms with Gasteiger partial charge in [0.15, 0.2) is 0 Å². The summed E-state index contributed by atoms with van der Waals surface area (Å²) in [5.74, 6) is -1.15. The molecule has 5 heteroatoms. The second-order valence-electron chi connectivity index (χ2n) is 3.25. The Hall–Kier alpha value is -1.78.